The SMILES string of the molecule is Cc1nc(N2CCc3cccc(C(=O)Nc4nc5cccnc5s4)c3C2)ccc1-c1cnn(CC(C)C)c1C. The van der Waals surface area contributed by atoms with Crippen molar-refractivity contribution < 1.29 is 4.79 Å². The van der Waals surface area contributed by atoms with Gasteiger partial charge in [-0.2, -0.15) is 5.10 Å². The predicted molar refractivity (Wildman–Crippen MR) is 156 cm³/mol. The third-order valence-corrected chi connectivity index (χ3v) is 8.13. The molecule has 5 aromatic rings. The second-order valence-corrected chi connectivity index (χ2v) is 11.4. The van der Waals surface area contributed by atoms with Gasteiger partial charge >= 0.3 is 0 Å². The van der Waals surface area contributed by atoms with Gasteiger partial charge in [-0.05, 0) is 67.6 Å². The Morgan fingerprint density at radius 2 is 1.95 bits per heavy atom. The highest BCUT2D eigenvalue weighted by Gasteiger charge is 2.24. The van der Waals surface area contributed by atoms with Gasteiger partial charge in [0.15, 0.2) is 5.13 Å². The molecule has 0 saturated carbocycles. The van der Waals surface area contributed by atoms with Crippen molar-refractivity contribution in [2.45, 2.75) is 47.2 Å². The van der Waals surface area contributed by atoms with E-state index in [2.05, 4.69) is 75.9 Å². The zero-order valence-corrected chi connectivity index (χ0v) is 23.4. The lowest BCUT2D eigenvalue weighted by atomic mass is 9.94. The van der Waals surface area contributed by atoms with Gasteiger partial charge < -0.3 is 4.90 Å². The van der Waals surface area contributed by atoms with Crippen LogP contribution in [0.15, 0.2) is 54.9 Å². The molecule has 0 radical (unpaired) electrons. The largest absolute Gasteiger partial charge is 0.352 e. The normalized spacial score (nSPS) is 13.2. The first-order valence-corrected chi connectivity index (χ1v) is 14.1. The summed E-state index contributed by atoms with van der Waals surface area (Å²) in [7, 11) is 0. The molecule has 0 unspecified atom stereocenters. The lowest BCUT2D eigenvalue weighted by molar-refractivity contribution is 0.102. The van der Waals surface area contributed by atoms with Gasteiger partial charge in [-0.3, -0.25) is 14.8 Å². The standard InChI is InChI=1S/C30H31N7OS/c1-18(2)16-37-20(4)24(15-32-37)22-10-11-27(33-19(22)3)36-14-12-21-7-5-8-23(25(21)17-36)28(38)35-30-34-26-9-6-13-31-29(26)39-30/h5-11,13,15,18H,12,14,16-17H2,1-4H3,(H,34,35,38). The number of amides is 1. The second-order valence-electron chi connectivity index (χ2n) is 10.4. The molecule has 0 saturated heterocycles. The molecular formula is C30H31N7OS. The Morgan fingerprint density at radius 1 is 1.08 bits per heavy atom. The lowest BCUT2D eigenvalue weighted by Crippen LogP contribution is -2.33. The van der Waals surface area contributed by atoms with Crippen LogP contribution in [0.3, 0.4) is 0 Å². The summed E-state index contributed by atoms with van der Waals surface area (Å²) in [5.74, 6) is 1.30. The molecule has 4 aromatic heterocycles. The fourth-order valence-electron chi connectivity index (χ4n) is 5.23. The first-order valence-electron chi connectivity index (χ1n) is 13.3. The number of aryl methyl sites for hydroxylation is 1. The zero-order valence-electron chi connectivity index (χ0n) is 22.6. The van der Waals surface area contributed by atoms with Gasteiger partial charge in [0.25, 0.3) is 5.91 Å². The van der Waals surface area contributed by atoms with Crippen molar-refractivity contribution in [2.75, 3.05) is 16.8 Å². The van der Waals surface area contributed by atoms with E-state index in [0.717, 1.165) is 63.8 Å². The van der Waals surface area contributed by atoms with Crippen LogP contribution in [-0.4, -0.2) is 37.2 Å². The maximum absolute atomic E-state index is 13.4. The summed E-state index contributed by atoms with van der Waals surface area (Å²) in [4.78, 5) is 30.3. The van der Waals surface area contributed by atoms with Gasteiger partial charge in [0, 0.05) is 53.9 Å². The van der Waals surface area contributed by atoms with Gasteiger partial charge in [0.2, 0.25) is 0 Å². The Hall–Kier alpha value is -4.11. The molecule has 0 bridgehead atoms. The number of aromatic nitrogens is 5. The summed E-state index contributed by atoms with van der Waals surface area (Å²) < 4.78 is 2.08. The first kappa shape index (κ1) is 25.2. The highest BCUT2D eigenvalue weighted by molar-refractivity contribution is 7.21. The number of rotatable bonds is 6. The third kappa shape index (κ3) is 4.90. The van der Waals surface area contributed by atoms with E-state index < -0.39 is 0 Å². The predicted octanol–water partition coefficient (Wildman–Crippen LogP) is 6.04. The first-order chi connectivity index (χ1) is 18.9. The van der Waals surface area contributed by atoms with E-state index in [1.54, 1.807) is 6.20 Å². The molecule has 1 aromatic carbocycles. The monoisotopic (exact) mass is 537 g/mol. The van der Waals surface area contributed by atoms with Gasteiger partial charge in [-0.15, -0.1) is 0 Å². The molecule has 8 nitrogen and oxygen atoms in total. The number of nitrogens with one attached hydrogen (secondary N) is 1. The van der Waals surface area contributed by atoms with Gasteiger partial charge in [0.1, 0.15) is 16.2 Å². The Kier molecular flexibility index (Phi) is 6.60. The lowest BCUT2D eigenvalue weighted by Gasteiger charge is -2.31. The van der Waals surface area contributed by atoms with E-state index in [-0.39, 0.29) is 5.91 Å². The molecule has 0 fully saturated rings. The molecule has 198 valence electrons. The molecule has 0 atom stereocenters. The Labute approximate surface area is 231 Å². The number of benzene rings is 1. The number of hydrogen-bond donors (Lipinski definition) is 1. The van der Waals surface area contributed by atoms with Crippen LogP contribution in [0.25, 0.3) is 21.5 Å². The van der Waals surface area contributed by atoms with Crippen LogP contribution in [0.4, 0.5) is 10.9 Å². The molecule has 0 aliphatic carbocycles. The molecule has 1 amide bonds. The minimum Gasteiger partial charge on any atom is -0.352 e. The van der Waals surface area contributed by atoms with Crippen LogP contribution < -0.4 is 10.2 Å². The fourth-order valence-corrected chi connectivity index (χ4v) is 6.03. The molecule has 1 N–H and O–H groups in total. The van der Waals surface area contributed by atoms with E-state index >= 15 is 0 Å². The van der Waals surface area contributed by atoms with Crippen LogP contribution in [0.1, 0.15) is 46.7 Å². The van der Waals surface area contributed by atoms with E-state index in [0.29, 0.717) is 23.2 Å². The molecule has 1 aliphatic heterocycles. The van der Waals surface area contributed by atoms with Gasteiger partial charge in [-0.25, -0.2) is 15.0 Å². The van der Waals surface area contributed by atoms with Crippen molar-refractivity contribution in [2.24, 2.45) is 5.92 Å². The molecular weight excluding hydrogens is 506 g/mol. The summed E-state index contributed by atoms with van der Waals surface area (Å²) in [6.07, 6.45) is 4.54. The van der Waals surface area contributed by atoms with E-state index in [4.69, 9.17) is 4.98 Å². The average Bonchev–Trinajstić information content (AvgIpc) is 3.50. The Balaban J connectivity index is 1.24. The number of anilines is 2. The van der Waals surface area contributed by atoms with Crippen molar-refractivity contribution in [1.29, 1.82) is 0 Å². The van der Waals surface area contributed by atoms with Crippen LogP contribution in [0.5, 0.6) is 0 Å². The van der Waals surface area contributed by atoms with E-state index in [9.17, 15) is 4.79 Å². The fraction of sp³-hybridized carbons (Fsp3) is 0.300. The number of nitrogens with zero attached hydrogens (tertiary/aromatic N) is 6. The molecule has 9 heteroatoms. The molecule has 6 rings (SSSR count). The van der Waals surface area contributed by atoms with Crippen molar-refractivity contribution in [3.05, 3.63) is 82.9 Å². The summed E-state index contributed by atoms with van der Waals surface area (Å²) in [5, 5.41) is 8.16. The van der Waals surface area contributed by atoms with Crippen molar-refractivity contribution >= 4 is 38.5 Å². The Morgan fingerprint density at radius 3 is 2.74 bits per heavy atom. The highest BCUT2D eigenvalue weighted by Crippen LogP contribution is 2.31. The zero-order chi connectivity index (χ0) is 27.1. The summed E-state index contributed by atoms with van der Waals surface area (Å²) in [6.45, 7) is 10.9. The van der Waals surface area contributed by atoms with Crippen molar-refractivity contribution in [3.8, 4) is 11.1 Å². The number of fused-ring (bicyclic) bond motifs is 2. The van der Waals surface area contributed by atoms with Crippen LogP contribution in [0.2, 0.25) is 0 Å². The van der Waals surface area contributed by atoms with E-state index in [1.807, 2.05) is 30.5 Å². The number of carbonyl (C=O) groups excluding carboxylic acids is 1. The van der Waals surface area contributed by atoms with Crippen molar-refractivity contribution in [3.63, 3.8) is 0 Å². The van der Waals surface area contributed by atoms with Gasteiger partial charge in [-0.1, -0.05) is 37.3 Å². The maximum Gasteiger partial charge on any atom is 0.257 e. The minimum atomic E-state index is -0.152. The highest BCUT2D eigenvalue weighted by atomic mass is 32.1. The molecule has 1 aliphatic rings. The molecule has 39 heavy (non-hydrogen) atoms. The number of thiazole rings is 1. The maximum atomic E-state index is 13.4. The number of carbonyl (C=O) groups is 1. The van der Waals surface area contributed by atoms with Crippen LogP contribution in [0, 0.1) is 19.8 Å². The van der Waals surface area contributed by atoms with Crippen LogP contribution in [-0.2, 0) is 19.5 Å². The second kappa shape index (κ2) is 10.2. The minimum absolute atomic E-state index is 0.152. The van der Waals surface area contributed by atoms with Crippen molar-refractivity contribution in [1.82, 2.24) is 24.7 Å². The molecule has 5 heterocycles. The smallest absolute Gasteiger partial charge is 0.257 e. The van der Waals surface area contributed by atoms with Gasteiger partial charge in [0.05, 0.1) is 6.20 Å². The Bertz CT molecular complexity index is 1650. The van der Waals surface area contributed by atoms with Crippen LogP contribution >= 0.6 is 11.3 Å². The quantitative estimate of drug-likeness (QED) is 0.284. The summed E-state index contributed by atoms with van der Waals surface area (Å²) in [5.41, 5.74) is 8.06. The average molecular weight is 538 g/mol. The molecule has 0 spiro atoms. The third-order valence-electron chi connectivity index (χ3n) is 7.23. The van der Waals surface area contributed by atoms with E-state index in [1.165, 1.54) is 16.9 Å². The number of hydrogen-bond acceptors (Lipinski definition) is 7. The topological polar surface area (TPSA) is 88.8 Å². The number of pyridine rings is 2. The summed E-state index contributed by atoms with van der Waals surface area (Å²) >= 11 is 1.38. The summed E-state index contributed by atoms with van der Waals surface area (Å²) in [6, 6.07) is 13.9.